The van der Waals surface area contributed by atoms with Crippen LogP contribution < -0.4 is 4.90 Å². The molecule has 2 heterocycles. The molecule has 0 spiro atoms. The number of urea groups is 1. The van der Waals surface area contributed by atoms with Gasteiger partial charge in [-0.15, -0.1) is 0 Å². The van der Waals surface area contributed by atoms with Crippen molar-refractivity contribution in [2.24, 2.45) is 0 Å². The number of benzene rings is 2. The van der Waals surface area contributed by atoms with Gasteiger partial charge in [0, 0.05) is 31.9 Å². The zero-order valence-corrected chi connectivity index (χ0v) is 16.5. The van der Waals surface area contributed by atoms with Crippen LogP contribution in [-0.4, -0.2) is 72.3 Å². The van der Waals surface area contributed by atoms with Crippen LogP contribution in [0.4, 0.5) is 14.9 Å². The van der Waals surface area contributed by atoms with E-state index in [2.05, 4.69) is 4.90 Å². The topological polar surface area (TPSA) is 73.3 Å². The molecule has 0 saturated carbocycles. The summed E-state index contributed by atoms with van der Waals surface area (Å²) in [4.78, 5) is 30.2. The third kappa shape index (κ3) is 4.44. The van der Waals surface area contributed by atoms with E-state index in [4.69, 9.17) is 9.84 Å². The van der Waals surface area contributed by atoms with Crippen LogP contribution in [0.5, 0.6) is 0 Å². The molecule has 2 fully saturated rings. The second-order valence-corrected chi connectivity index (χ2v) is 7.56. The number of carbonyl (C=O) groups is 2. The van der Waals surface area contributed by atoms with Crippen LogP contribution in [0.25, 0.3) is 0 Å². The molecule has 1 N–H and O–H groups in total. The summed E-state index contributed by atoms with van der Waals surface area (Å²) in [6.07, 6.45) is 0. The van der Waals surface area contributed by atoms with E-state index in [1.54, 1.807) is 29.2 Å². The number of carboxylic acids is 1. The molecule has 0 bridgehead atoms. The zero-order chi connectivity index (χ0) is 21.1. The Labute approximate surface area is 174 Å². The largest absolute Gasteiger partial charge is 0.478 e. The molecule has 4 rings (SSSR count). The molecule has 0 aromatic heterocycles. The lowest BCUT2D eigenvalue weighted by Gasteiger charge is -2.43. The summed E-state index contributed by atoms with van der Waals surface area (Å²) >= 11 is 0. The third-order valence-corrected chi connectivity index (χ3v) is 5.63. The van der Waals surface area contributed by atoms with Crippen molar-refractivity contribution in [2.45, 2.75) is 12.6 Å². The number of amides is 2. The van der Waals surface area contributed by atoms with Crippen LogP contribution in [0.15, 0.2) is 48.5 Å². The Morgan fingerprint density at radius 2 is 1.63 bits per heavy atom. The predicted octanol–water partition coefficient (Wildman–Crippen LogP) is 2.67. The lowest BCUT2D eigenvalue weighted by Crippen LogP contribution is -2.59. The van der Waals surface area contributed by atoms with Crippen LogP contribution in [0.1, 0.15) is 15.9 Å². The number of carboxylic acid groups (broad SMARTS) is 1. The van der Waals surface area contributed by atoms with E-state index in [0.29, 0.717) is 24.8 Å². The maximum atomic E-state index is 13.4. The average Bonchev–Trinajstić information content (AvgIpc) is 2.72. The van der Waals surface area contributed by atoms with Gasteiger partial charge in [-0.05, 0) is 42.0 Å². The molecule has 0 atom stereocenters. The van der Waals surface area contributed by atoms with Crippen molar-refractivity contribution in [2.75, 3.05) is 44.3 Å². The summed E-state index contributed by atoms with van der Waals surface area (Å²) in [7, 11) is 0. The summed E-state index contributed by atoms with van der Waals surface area (Å²) in [6.45, 7) is 4.59. The summed E-state index contributed by atoms with van der Waals surface area (Å²) in [5.74, 6) is -1.36. The maximum absolute atomic E-state index is 13.4. The molecule has 30 heavy (non-hydrogen) atoms. The average molecular weight is 413 g/mol. The molecule has 0 unspecified atom stereocenters. The van der Waals surface area contributed by atoms with E-state index in [1.807, 2.05) is 4.90 Å². The van der Waals surface area contributed by atoms with Crippen molar-refractivity contribution in [3.05, 3.63) is 65.5 Å². The first-order valence-corrected chi connectivity index (χ1v) is 9.97. The van der Waals surface area contributed by atoms with Crippen molar-refractivity contribution in [1.82, 2.24) is 9.80 Å². The van der Waals surface area contributed by atoms with E-state index in [-0.39, 0.29) is 24.0 Å². The highest BCUT2D eigenvalue weighted by Gasteiger charge is 2.32. The second-order valence-electron chi connectivity index (χ2n) is 7.56. The Morgan fingerprint density at radius 3 is 2.17 bits per heavy atom. The smallest absolute Gasteiger partial charge is 0.335 e. The van der Waals surface area contributed by atoms with Crippen molar-refractivity contribution in [1.29, 1.82) is 0 Å². The fraction of sp³-hybridized carbons (Fsp3) is 0.364. The highest BCUT2D eigenvalue weighted by Crippen LogP contribution is 2.22. The number of anilines is 1. The summed E-state index contributed by atoms with van der Waals surface area (Å²) in [5, 5.41) is 9.08. The zero-order valence-electron chi connectivity index (χ0n) is 16.5. The first kappa shape index (κ1) is 20.3. The van der Waals surface area contributed by atoms with E-state index < -0.39 is 5.97 Å². The number of halogens is 1. The van der Waals surface area contributed by atoms with Gasteiger partial charge in [0.1, 0.15) is 5.82 Å². The number of rotatable bonds is 5. The van der Waals surface area contributed by atoms with Gasteiger partial charge < -0.3 is 14.7 Å². The van der Waals surface area contributed by atoms with E-state index in [1.165, 1.54) is 24.3 Å². The van der Waals surface area contributed by atoms with E-state index in [9.17, 15) is 14.0 Å². The fourth-order valence-electron chi connectivity index (χ4n) is 3.71. The fourth-order valence-corrected chi connectivity index (χ4v) is 3.71. The predicted molar refractivity (Wildman–Crippen MR) is 109 cm³/mol. The molecule has 2 amide bonds. The molecule has 8 heteroatoms. The van der Waals surface area contributed by atoms with Crippen molar-refractivity contribution in [3.63, 3.8) is 0 Å². The molecule has 7 nitrogen and oxygen atoms in total. The van der Waals surface area contributed by atoms with Crippen LogP contribution in [0, 0.1) is 5.82 Å². The number of carbonyl (C=O) groups excluding carboxylic acids is 1. The molecule has 2 aliphatic heterocycles. The Balaban J connectivity index is 1.50. The standard InChI is InChI=1S/C22H24FN3O4/c23-18-5-7-19(8-6-18)26(13-16-1-3-17(4-2-16)21(27)28)22(29)25-11-9-24(10-12-25)20-14-30-15-20/h1-8,20H,9-15H2,(H,27,28). The minimum absolute atomic E-state index is 0.145. The number of hydrogen-bond donors (Lipinski definition) is 1. The van der Waals surface area contributed by atoms with Crippen LogP contribution in [-0.2, 0) is 11.3 Å². The number of piperazine rings is 1. The van der Waals surface area contributed by atoms with Gasteiger partial charge in [0.05, 0.1) is 31.4 Å². The summed E-state index contributed by atoms with van der Waals surface area (Å²) in [6, 6.07) is 12.6. The Bertz CT molecular complexity index is 892. The minimum atomic E-state index is -0.997. The molecule has 2 aromatic carbocycles. The van der Waals surface area contributed by atoms with Crippen LogP contribution in [0.3, 0.4) is 0 Å². The van der Waals surface area contributed by atoms with Crippen LogP contribution in [0.2, 0.25) is 0 Å². The molecule has 2 aliphatic rings. The van der Waals surface area contributed by atoms with E-state index in [0.717, 1.165) is 31.9 Å². The van der Waals surface area contributed by atoms with Gasteiger partial charge in [0.25, 0.3) is 0 Å². The molecule has 0 aliphatic carbocycles. The maximum Gasteiger partial charge on any atom is 0.335 e. The van der Waals surface area contributed by atoms with Crippen molar-refractivity contribution in [3.8, 4) is 0 Å². The van der Waals surface area contributed by atoms with Gasteiger partial charge in [-0.25, -0.2) is 14.0 Å². The monoisotopic (exact) mass is 413 g/mol. The lowest BCUT2D eigenvalue weighted by molar-refractivity contribution is -0.0738. The normalized spacial score (nSPS) is 17.4. The minimum Gasteiger partial charge on any atom is -0.478 e. The molecule has 2 saturated heterocycles. The SMILES string of the molecule is O=C(O)c1ccc(CN(C(=O)N2CCN(C3COC3)CC2)c2ccc(F)cc2)cc1. The summed E-state index contributed by atoms with van der Waals surface area (Å²) in [5.41, 5.74) is 1.58. The Hall–Kier alpha value is -2.97. The Morgan fingerprint density at radius 1 is 1.00 bits per heavy atom. The van der Waals surface area contributed by atoms with Gasteiger partial charge in [0.2, 0.25) is 0 Å². The molecule has 2 aromatic rings. The number of ether oxygens (including phenoxy) is 1. The third-order valence-electron chi connectivity index (χ3n) is 5.63. The van der Waals surface area contributed by atoms with Crippen molar-refractivity contribution < 1.29 is 23.8 Å². The number of nitrogens with zero attached hydrogens (tertiary/aromatic N) is 3. The van der Waals surface area contributed by atoms with Crippen molar-refractivity contribution >= 4 is 17.7 Å². The van der Waals surface area contributed by atoms with Gasteiger partial charge >= 0.3 is 12.0 Å². The molecular formula is C22H24FN3O4. The molecule has 158 valence electrons. The Kier molecular flexibility index (Phi) is 5.96. The first-order chi connectivity index (χ1) is 14.5. The number of hydrogen-bond acceptors (Lipinski definition) is 4. The summed E-state index contributed by atoms with van der Waals surface area (Å²) < 4.78 is 18.7. The first-order valence-electron chi connectivity index (χ1n) is 9.97. The molecule has 0 radical (unpaired) electrons. The van der Waals surface area contributed by atoms with Gasteiger partial charge in [0.15, 0.2) is 0 Å². The van der Waals surface area contributed by atoms with Gasteiger partial charge in [-0.3, -0.25) is 9.80 Å². The van der Waals surface area contributed by atoms with Gasteiger partial charge in [-0.2, -0.15) is 0 Å². The quantitative estimate of drug-likeness (QED) is 0.816. The van der Waals surface area contributed by atoms with Gasteiger partial charge in [-0.1, -0.05) is 12.1 Å². The van der Waals surface area contributed by atoms with Crippen LogP contribution >= 0.6 is 0 Å². The number of aromatic carboxylic acids is 1. The lowest BCUT2D eigenvalue weighted by atomic mass is 10.1. The highest BCUT2D eigenvalue weighted by atomic mass is 19.1. The highest BCUT2D eigenvalue weighted by molar-refractivity contribution is 5.92. The van der Waals surface area contributed by atoms with E-state index >= 15 is 0 Å². The second kappa shape index (κ2) is 8.81. The molecular weight excluding hydrogens is 389 g/mol.